The molecular weight excluding hydrogens is 183 g/mol. The molecule has 0 rings (SSSR count). The van der Waals surface area contributed by atoms with Crippen LogP contribution in [0.5, 0.6) is 0 Å². The Bertz CT molecular complexity index is 139. The van der Waals surface area contributed by atoms with Crippen molar-refractivity contribution in [3.63, 3.8) is 0 Å². The highest BCUT2D eigenvalue weighted by molar-refractivity contribution is 7.63. The SMILES string of the molecule is O=P(CCO)(CCO)COCO. The van der Waals surface area contributed by atoms with E-state index in [1.807, 2.05) is 0 Å². The highest BCUT2D eigenvalue weighted by Crippen LogP contribution is 2.44. The Balaban J connectivity index is 3.90. The smallest absolute Gasteiger partial charge is 0.144 e. The molecule has 12 heavy (non-hydrogen) atoms. The number of aliphatic hydroxyl groups excluding tert-OH is 3. The molecule has 0 aromatic carbocycles. The molecule has 0 amide bonds. The van der Waals surface area contributed by atoms with Crippen molar-refractivity contribution < 1.29 is 24.6 Å². The molecule has 0 unspecified atom stereocenters. The van der Waals surface area contributed by atoms with E-state index in [9.17, 15) is 4.57 Å². The Hall–Kier alpha value is 0.0700. The van der Waals surface area contributed by atoms with Crippen molar-refractivity contribution in [2.24, 2.45) is 0 Å². The zero-order valence-electron chi connectivity index (χ0n) is 6.85. The average molecular weight is 198 g/mol. The van der Waals surface area contributed by atoms with E-state index in [0.717, 1.165) is 0 Å². The average Bonchev–Trinajstić information content (AvgIpc) is 2.02. The third-order valence-electron chi connectivity index (χ3n) is 1.43. The first kappa shape index (κ1) is 12.1. The zero-order valence-corrected chi connectivity index (χ0v) is 7.74. The van der Waals surface area contributed by atoms with Crippen molar-refractivity contribution in [3.05, 3.63) is 0 Å². The fourth-order valence-corrected chi connectivity index (χ4v) is 2.44. The normalized spacial score (nSPS) is 11.9. The molecule has 0 aliphatic carbocycles. The number of ether oxygens (including phenoxy) is 1. The van der Waals surface area contributed by atoms with Crippen LogP contribution in [-0.2, 0) is 9.30 Å². The van der Waals surface area contributed by atoms with Gasteiger partial charge in [-0.2, -0.15) is 0 Å². The topological polar surface area (TPSA) is 87.0 Å². The van der Waals surface area contributed by atoms with Gasteiger partial charge in [0.1, 0.15) is 20.3 Å². The van der Waals surface area contributed by atoms with E-state index in [-0.39, 0.29) is 31.9 Å². The van der Waals surface area contributed by atoms with Gasteiger partial charge in [0.15, 0.2) is 0 Å². The molecule has 0 saturated carbocycles. The lowest BCUT2D eigenvalue weighted by Crippen LogP contribution is -2.08. The van der Waals surface area contributed by atoms with E-state index in [1.54, 1.807) is 0 Å². The summed E-state index contributed by atoms with van der Waals surface area (Å²) in [5.41, 5.74) is 0. The molecule has 0 saturated heterocycles. The van der Waals surface area contributed by atoms with Gasteiger partial charge in [-0.25, -0.2) is 0 Å². The van der Waals surface area contributed by atoms with Crippen LogP contribution in [0.3, 0.4) is 0 Å². The van der Waals surface area contributed by atoms with E-state index in [2.05, 4.69) is 4.74 Å². The largest absolute Gasteiger partial charge is 0.396 e. The summed E-state index contributed by atoms with van der Waals surface area (Å²) < 4.78 is 16.2. The van der Waals surface area contributed by atoms with Crippen molar-refractivity contribution in [3.8, 4) is 0 Å². The number of hydrogen-bond acceptors (Lipinski definition) is 5. The van der Waals surface area contributed by atoms with E-state index >= 15 is 0 Å². The fourth-order valence-electron chi connectivity index (χ4n) is 0.813. The second-order valence-electron chi connectivity index (χ2n) is 2.41. The van der Waals surface area contributed by atoms with Crippen molar-refractivity contribution >= 4 is 7.14 Å². The monoisotopic (exact) mass is 198 g/mol. The molecule has 0 bridgehead atoms. The van der Waals surface area contributed by atoms with Crippen LogP contribution < -0.4 is 0 Å². The van der Waals surface area contributed by atoms with Gasteiger partial charge in [-0.15, -0.1) is 0 Å². The third-order valence-corrected chi connectivity index (χ3v) is 4.12. The summed E-state index contributed by atoms with van der Waals surface area (Å²) in [5.74, 6) is 0. The molecule has 3 N–H and O–H groups in total. The maximum Gasteiger partial charge on any atom is 0.144 e. The lowest BCUT2D eigenvalue weighted by molar-refractivity contribution is 0.0205. The van der Waals surface area contributed by atoms with Crippen LogP contribution in [0, 0.1) is 0 Å². The molecule has 0 aromatic heterocycles. The summed E-state index contributed by atoms with van der Waals surface area (Å²) in [4.78, 5) is 0. The van der Waals surface area contributed by atoms with Gasteiger partial charge in [-0.3, -0.25) is 0 Å². The summed E-state index contributed by atoms with van der Waals surface area (Å²) in [5, 5.41) is 25.4. The number of rotatable bonds is 7. The minimum atomic E-state index is -2.62. The maximum absolute atomic E-state index is 11.6. The predicted molar refractivity (Wildman–Crippen MR) is 44.5 cm³/mol. The minimum Gasteiger partial charge on any atom is -0.396 e. The molecule has 0 fully saturated rings. The second kappa shape index (κ2) is 6.57. The highest BCUT2D eigenvalue weighted by Gasteiger charge is 2.20. The van der Waals surface area contributed by atoms with Crippen molar-refractivity contribution in [2.75, 3.05) is 38.7 Å². The minimum absolute atomic E-state index is 0.0788. The first-order valence-electron chi connectivity index (χ1n) is 3.66. The maximum atomic E-state index is 11.6. The fraction of sp³-hybridized carbons (Fsp3) is 1.00. The standard InChI is InChI=1S/C6H15O5P/c7-1-3-12(10,4-2-8)6-11-5-9/h7-9H,1-6H2. The van der Waals surface area contributed by atoms with Gasteiger partial charge in [0, 0.05) is 25.5 Å². The van der Waals surface area contributed by atoms with Crippen LogP contribution in [0.4, 0.5) is 0 Å². The van der Waals surface area contributed by atoms with Crippen LogP contribution in [0.25, 0.3) is 0 Å². The van der Waals surface area contributed by atoms with Gasteiger partial charge < -0.3 is 24.6 Å². The van der Waals surface area contributed by atoms with Crippen molar-refractivity contribution in [1.29, 1.82) is 0 Å². The summed E-state index contributed by atoms with van der Waals surface area (Å²) >= 11 is 0. The van der Waals surface area contributed by atoms with Gasteiger partial charge >= 0.3 is 0 Å². The van der Waals surface area contributed by atoms with E-state index < -0.39 is 13.9 Å². The molecular formula is C6H15O5P. The lowest BCUT2D eigenvalue weighted by Gasteiger charge is -2.14. The lowest BCUT2D eigenvalue weighted by atomic mass is 10.9. The Kier molecular flexibility index (Phi) is 6.61. The van der Waals surface area contributed by atoms with Crippen molar-refractivity contribution in [2.45, 2.75) is 0 Å². The molecule has 0 spiro atoms. The molecule has 0 aromatic rings. The molecule has 0 aliphatic heterocycles. The molecule has 74 valence electrons. The Morgan fingerprint density at radius 3 is 1.92 bits per heavy atom. The van der Waals surface area contributed by atoms with Gasteiger partial charge in [0.25, 0.3) is 0 Å². The summed E-state index contributed by atoms with van der Waals surface area (Å²) in [7, 11) is -2.62. The Morgan fingerprint density at radius 1 is 1.08 bits per heavy atom. The number of hydrogen-bond donors (Lipinski definition) is 3. The summed E-state index contributed by atoms with van der Waals surface area (Å²) in [6.45, 7) is -0.862. The molecule has 0 heterocycles. The summed E-state index contributed by atoms with van der Waals surface area (Å²) in [6.07, 6.45) is 0.186. The van der Waals surface area contributed by atoms with Gasteiger partial charge in [-0.1, -0.05) is 0 Å². The van der Waals surface area contributed by atoms with Crippen LogP contribution in [0.2, 0.25) is 0 Å². The van der Waals surface area contributed by atoms with E-state index in [1.165, 1.54) is 0 Å². The van der Waals surface area contributed by atoms with Crippen LogP contribution in [-0.4, -0.2) is 54.0 Å². The first-order valence-corrected chi connectivity index (χ1v) is 5.92. The van der Waals surface area contributed by atoms with Gasteiger partial charge in [0.05, 0.1) is 0 Å². The zero-order chi connectivity index (χ0) is 9.45. The van der Waals surface area contributed by atoms with Crippen molar-refractivity contribution in [1.82, 2.24) is 0 Å². The molecule has 5 nitrogen and oxygen atoms in total. The third kappa shape index (κ3) is 4.85. The van der Waals surface area contributed by atoms with Crippen LogP contribution in [0.15, 0.2) is 0 Å². The molecule has 0 aliphatic rings. The van der Waals surface area contributed by atoms with Crippen LogP contribution >= 0.6 is 7.14 Å². The van der Waals surface area contributed by atoms with Gasteiger partial charge in [0.2, 0.25) is 0 Å². The first-order chi connectivity index (χ1) is 5.68. The summed E-state index contributed by atoms with van der Waals surface area (Å²) in [6, 6.07) is 0. The molecule has 0 atom stereocenters. The Morgan fingerprint density at radius 2 is 1.58 bits per heavy atom. The van der Waals surface area contributed by atoms with Gasteiger partial charge in [-0.05, 0) is 0 Å². The number of aliphatic hydroxyl groups is 3. The van der Waals surface area contributed by atoms with E-state index in [0.29, 0.717) is 0 Å². The predicted octanol–water partition coefficient (Wildman–Crippen LogP) is -0.742. The van der Waals surface area contributed by atoms with E-state index in [4.69, 9.17) is 15.3 Å². The van der Waals surface area contributed by atoms with Crippen LogP contribution in [0.1, 0.15) is 0 Å². The quantitative estimate of drug-likeness (QED) is 0.370. The highest BCUT2D eigenvalue weighted by atomic mass is 31.2. The molecule has 6 heteroatoms. The molecule has 0 radical (unpaired) electrons. The Labute approximate surface area is 71.3 Å². The second-order valence-corrected chi connectivity index (χ2v) is 5.68.